The highest BCUT2D eigenvalue weighted by Gasteiger charge is 2.05. The van der Waals surface area contributed by atoms with Gasteiger partial charge in [-0.1, -0.05) is 0 Å². The molecule has 0 amide bonds. The fraction of sp³-hybridized carbons (Fsp3) is 0.500. The number of hydrogen-bond acceptors (Lipinski definition) is 4. The molecule has 0 aliphatic rings. The van der Waals surface area contributed by atoms with Crippen molar-refractivity contribution in [1.29, 1.82) is 0 Å². The fourth-order valence-corrected chi connectivity index (χ4v) is 1.32. The van der Waals surface area contributed by atoms with Crippen LogP contribution in [0, 0.1) is 0 Å². The van der Waals surface area contributed by atoms with Crippen LogP contribution in [0.4, 0.5) is 5.82 Å². The molecule has 0 saturated heterocycles. The van der Waals surface area contributed by atoms with Gasteiger partial charge in [0.25, 0.3) is 0 Å². The Morgan fingerprint density at radius 2 is 2.31 bits per heavy atom. The number of rotatable bonds is 3. The monoisotopic (exact) mass is 245 g/mol. The zero-order valence-electron chi connectivity index (χ0n) is 7.61. The van der Waals surface area contributed by atoms with Crippen molar-refractivity contribution in [2.45, 2.75) is 13.0 Å². The van der Waals surface area contributed by atoms with Gasteiger partial charge in [-0.25, -0.2) is 9.97 Å². The summed E-state index contributed by atoms with van der Waals surface area (Å²) in [7, 11) is 1.88. The van der Waals surface area contributed by atoms with E-state index in [1.807, 2.05) is 18.0 Å². The van der Waals surface area contributed by atoms with E-state index in [2.05, 4.69) is 25.9 Å². The Kier molecular flexibility index (Phi) is 3.62. The van der Waals surface area contributed by atoms with Gasteiger partial charge in [-0.15, -0.1) is 0 Å². The second-order valence-electron chi connectivity index (χ2n) is 2.93. The molecule has 0 radical (unpaired) electrons. The van der Waals surface area contributed by atoms with Crippen molar-refractivity contribution in [3.63, 3.8) is 0 Å². The van der Waals surface area contributed by atoms with Crippen LogP contribution in [0.5, 0.6) is 0 Å². The largest absolute Gasteiger partial charge is 0.392 e. The second kappa shape index (κ2) is 4.53. The summed E-state index contributed by atoms with van der Waals surface area (Å²) in [5.74, 6) is 0.794. The van der Waals surface area contributed by atoms with Crippen LogP contribution >= 0.6 is 15.9 Å². The lowest BCUT2D eigenvalue weighted by Gasteiger charge is -2.19. The first-order chi connectivity index (χ1) is 6.09. The average molecular weight is 246 g/mol. The first kappa shape index (κ1) is 10.4. The molecule has 1 unspecified atom stereocenters. The number of aromatic nitrogens is 2. The van der Waals surface area contributed by atoms with Gasteiger partial charge in [-0.05, 0) is 22.9 Å². The zero-order valence-corrected chi connectivity index (χ0v) is 9.19. The van der Waals surface area contributed by atoms with Crippen LogP contribution in [0.25, 0.3) is 0 Å². The number of anilines is 1. The molecule has 1 aromatic heterocycles. The molecule has 0 saturated carbocycles. The van der Waals surface area contributed by atoms with Gasteiger partial charge in [0.05, 0.1) is 6.10 Å². The molecule has 0 aromatic carbocycles. The van der Waals surface area contributed by atoms with Crippen molar-refractivity contribution in [2.24, 2.45) is 0 Å². The van der Waals surface area contributed by atoms with Crippen molar-refractivity contribution < 1.29 is 5.11 Å². The van der Waals surface area contributed by atoms with Crippen LogP contribution in [-0.4, -0.2) is 34.8 Å². The molecule has 0 spiro atoms. The van der Waals surface area contributed by atoms with Crippen molar-refractivity contribution in [3.05, 3.63) is 17.0 Å². The third-order valence-electron chi connectivity index (χ3n) is 1.55. The molecule has 1 N–H and O–H groups in total. The lowest BCUT2D eigenvalue weighted by molar-refractivity contribution is 0.201. The smallest absolute Gasteiger partial charge is 0.132 e. The molecular formula is C8H12BrN3O. The maximum Gasteiger partial charge on any atom is 0.132 e. The average Bonchev–Trinajstić information content (AvgIpc) is 2.03. The SMILES string of the molecule is CC(O)CN(C)c1cc(Br)ncn1. The minimum Gasteiger partial charge on any atom is -0.392 e. The summed E-state index contributed by atoms with van der Waals surface area (Å²) < 4.78 is 0.745. The Hall–Kier alpha value is -0.680. The molecule has 1 heterocycles. The Balaban J connectivity index is 2.71. The number of aliphatic hydroxyl groups excluding tert-OH is 1. The van der Waals surface area contributed by atoms with Crippen LogP contribution in [0.2, 0.25) is 0 Å². The number of nitrogens with zero attached hydrogens (tertiary/aromatic N) is 3. The van der Waals surface area contributed by atoms with E-state index in [4.69, 9.17) is 5.11 Å². The van der Waals surface area contributed by atoms with E-state index in [0.29, 0.717) is 6.54 Å². The molecule has 4 nitrogen and oxygen atoms in total. The highest BCUT2D eigenvalue weighted by Crippen LogP contribution is 2.13. The molecule has 0 aliphatic carbocycles. The third kappa shape index (κ3) is 3.28. The lowest BCUT2D eigenvalue weighted by Crippen LogP contribution is -2.27. The molecule has 0 aliphatic heterocycles. The van der Waals surface area contributed by atoms with Crippen molar-refractivity contribution in [3.8, 4) is 0 Å². The zero-order chi connectivity index (χ0) is 9.84. The quantitative estimate of drug-likeness (QED) is 0.810. The standard InChI is InChI=1S/C8H12BrN3O/c1-6(13)4-12(2)8-3-7(9)10-5-11-8/h3,5-6,13H,4H2,1-2H3. The van der Waals surface area contributed by atoms with E-state index in [0.717, 1.165) is 10.4 Å². The molecule has 0 bridgehead atoms. The number of likely N-dealkylation sites (N-methyl/N-ethyl adjacent to an activating group) is 1. The molecule has 1 aromatic rings. The van der Waals surface area contributed by atoms with E-state index in [9.17, 15) is 0 Å². The normalized spacial score (nSPS) is 12.6. The summed E-state index contributed by atoms with van der Waals surface area (Å²) in [6, 6.07) is 1.81. The van der Waals surface area contributed by atoms with Crippen molar-refractivity contribution in [1.82, 2.24) is 9.97 Å². The van der Waals surface area contributed by atoms with Gasteiger partial charge >= 0.3 is 0 Å². The third-order valence-corrected chi connectivity index (χ3v) is 1.98. The van der Waals surface area contributed by atoms with Crippen molar-refractivity contribution >= 4 is 21.7 Å². The van der Waals surface area contributed by atoms with E-state index >= 15 is 0 Å². The molecule has 13 heavy (non-hydrogen) atoms. The van der Waals surface area contributed by atoms with E-state index in [1.54, 1.807) is 6.92 Å². The van der Waals surface area contributed by atoms with Gasteiger partial charge in [0.15, 0.2) is 0 Å². The molecule has 0 fully saturated rings. The minimum atomic E-state index is -0.362. The van der Waals surface area contributed by atoms with Gasteiger partial charge in [-0.2, -0.15) is 0 Å². The summed E-state index contributed by atoms with van der Waals surface area (Å²) >= 11 is 3.26. The Morgan fingerprint density at radius 3 is 2.85 bits per heavy atom. The predicted molar refractivity (Wildman–Crippen MR) is 54.7 cm³/mol. The highest BCUT2D eigenvalue weighted by atomic mass is 79.9. The van der Waals surface area contributed by atoms with Gasteiger partial charge < -0.3 is 10.0 Å². The molecule has 72 valence electrons. The van der Waals surface area contributed by atoms with Gasteiger partial charge in [0, 0.05) is 19.7 Å². The Labute approximate surface area is 85.8 Å². The van der Waals surface area contributed by atoms with Gasteiger partial charge in [0.1, 0.15) is 16.7 Å². The molecule has 5 heteroatoms. The maximum atomic E-state index is 9.16. The molecule has 1 rings (SSSR count). The number of hydrogen-bond donors (Lipinski definition) is 1. The van der Waals surface area contributed by atoms with Crippen molar-refractivity contribution in [2.75, 3.05) is 18.5 Å². The van der Waals surface area contributed by atoms with Crippen LogP contribution in [0.3, 0.4) is 0 Å². The highest BCUT2D eigenvalue weighted by molar-refractivity contribution is 9.10. The number of halogens is 1. The first-order valence-electron chi connectivity index (χ1n) is 3.96. The van der Waals surface area contributed by atoms with Gasteiger partial charge in [-0.3, -0.25) is 0 Å². The Bertz CT molecular complexity index is 280. The predicted octanol–water partition coefficient (Wildman–Crippen LogP) is 1.06. The van der Waals surface area contributed by atoms with Crippen LogP contribution < -0.4 is 4.90 Å². The van der Waals surface area contributed by atoms with Crippen LogP contribution in [0.1, 0.15) is 6.92 Å². The van der Waals surface area contributed by atoms with E-state index in [-0.39, 0.29) is 6.10 Å². The second-order valence-corrected chi connectivity index (χ2v) is 3.74. The summed E-state index contributed by atoms with van der Waals surface area (Å²) in [4.78, 5) is 9.86. The van der Waals surface area contributed by atoms with Crippen LogP contribution in [-0.2, 0) is 0 Å². The lowest BCUT2D eigenvalue weighted by atomic mass is 10.4. The van der Waals surface area contributed by atoms with Gasteiger partial charge in [0.2, 0.25) is 0 Å². The van der Waals surface area contributed by atoms with E-state index in [1.165, 1.54) is 6.33 Å². The summed E-state index contributed by atoms with van der Waals surface area (Å²) in [6.07, 6.45) is 1.12. The summed E-state index contributed by atoms with van der Waals surface area (Å²) in [6.45, 7) is 2.30. The van der Waals surface area contributed by atoms with E-state index < -0.39 is 0 Å². The Morgan fingerprint density at radius 1 is 1.62 bits per heavy atom. The first-order valence-corrected chi connectivity index (χ1v) is 4.75. The minimum absolute atomic E-state index is 0.362. The maximum absolute atomic E-state index is 9.16. The molecule has 1 atom stereocenters. The summed E-state index contributed by atoms with van der Waals surface area (Å²) in [5, 5.41) is 9.16. The molecular weight excluding hydrogens is 234 g/mol. The summed E-state index contributed by atoms with van der Waals surface area (Å²) in [5.41, 5.74) is 0. The number of aliphatic hydroxyl groups is 1. The fourth-order valence-electron chi connectivity index (χ4n) is 1.02. The topological polar surface area (TPSA) is 49.2 Å². The van der Waals surface area contributed by atoms with Crippen LogP contribution in [0.15, 0.2) is 17.0 Å².